The lowest BCUT2D eigenvalue weighted by atomic mass is 9.43. The molecule has 150 valence electrons. The van der Waals surface area contributed by atoms with Crippen molar-refractivity contribution in [1.29, 1.82) is 0 Å². The fourth-order valence-corrected chi connectivity index (χ4v) is 10.8. The van der Waals surface area contributed by atoms with Gasteiger partial charge in [-0.05, 0) is 79.4 Å². The van der Waals surface area contributed by atoms with Crippen LogP contribution < -0.4 is 0 Å². The molecule has 0 radical (unpaired) electrons. The van der Waals surface area contributed by atoms with Crippen LogP contribution in [0, 0.1) is 39.4 Å². The Kier molecular flexibility index (Phi) is 3.12. The number of rotatable bonds is 1. The van der Waals surface area contributed by atoms with E-state index in [1.54, 1.807) is 7.11 Å². The molecule has 2 spiro atoms. The average molecular weight is 373 g/mol. The first-order chi connectivity index (χ1) is 12.8. The van der Waals surface area contributed by atoms with Gasteiger partial charge in [-0.25, -0.2) is 0 Å². The van der Waals surface area contributed by atoms with Crippen LogP contribution in [0.15, 0.2) is 0 Å². The summed E-state index contributed by atoms with van der Waals surface area (Å²) in [6, 6.07) is 0. The SMILES string of the molecule is COC1CC(=O)C2C3CC4CCC5(CCC6(CCCC6)C5)C3(C)C4(C)C12O. The number of aliphatic hydroxyl groups is 1. The van der Waals surface area contributed by atoms with Gasteiger partial charge in [0.25, 0.3) is 0 Å². The average Bonchev–Trinajstić information content (AvgIpc) is 3.37. The van der Waals surface area contributed by atoms with E-state index in [1.807, 2.05) is 0 Å². The summed E-state index contributed by atoms with van der Waals surface area (Å²) in [5, 5.41) is 12.2. The van der Waals surface area contributed by atoms with Gasteiger partial charge in [-0.1, -0.05) is 26.7 Å². The third kappa shape index (κ3) is 1.53. The highest BCUT2D eigenvalue weighted by Gasteiger charge is 2.87. The van der Waals surface area contributed by atoms with E-state index in [9.17, 15) is 9.90 Å². The monoisotopic (exact) mass is 372 g/mol. The smallest absolute Gasteiger partial charge is 0.141 e. The van der Waals surface area contributed by atoms with Gasteiger partial charge in [-0.3, -0.25) is 4.79 Å². The fourth-order valence-electron chi connectivity index (χ4n) is 10.8. The lowest BCUT2D eigenvalue weighted by molar-refractivity contribution is -0.222. The van der Waals surface area contributed by atoms with Gasteiger partial charge in [-0.15, -0.1) is 0 Å². The molecule has 1 N–H and O–H groups in total. The predicted octanol–water partition coefficient (Wildman–Crippen LogP) is 4.51. The van der Waals surface area contributed by atoms with Gasteiger partial charge < -0.3 is 9.84 Å². The van der Waals surface area contributed by atoms with Crippen LogP contribution in [0.3, 0.4) is 0 Å². The van der Waals surface area contributed by atoms with Crippen LogP contribution in [-0.4, -0.2) is 29.7 Å². The number of ketones is 1. The second-order valence-corrected chi connectivity index (χ2v) is 11.8. The van der Waals surface area contributed by atoms with Gasteiger partial charge in [0.2, 0.25) is 0 Å². The maximum Gasteiger partial charge on any atom is 0.141 e. The molecule has 0 aromatic carbocycles. The van der Waals surface area contributed by atoms with E-state index < -0.39 is 5.60 Å². The van der Waals surface area contributed by atoms with E-state index >= 15 is 0 Å². The second kappa shape index (κ2) is 4.83. The topological polar surface area (TPSA) is 46.5 Å². The number of hydrogen-bond donors (Lipinski definition) is 1. The highest BCUT2D eigenvalue weighted by Crippen LogP contribution is 2.87. The van der Waals surface area contributed by atoms with E-state index in [-0.39, 0.29) is 28.6 Å². The van der Waals surface area contributed by atoms with Gasteiger partial charge in [0, 0.05) is 18.9 Å². The van der Waals surface area contributed by atoms with Crippen molar-refractivity contribution in [3.63, 3.8) is 0 Å². The summed E-state index contributed by atoms with van der Waals surface area (Å²) in [5.41, 5.74) is -0.120. The van der Waals surface area contributed by atoms with Crippen molar-refractivity contribution in [1.82, 2.24) is 0 Å². The molecule has 27 heavy (non-hydrogen) atoms. The third-order valence-corrected chi connectivity index (χ3v) is 12.0. The molecule has 6 aliphatic carbocycles. The maximum atomic E-state index is 13.1. The molecule has 6 rings (SSSR count). The Morgan fingerprint density at radius 3 is 2.48 bits per heavy atom. The summed E-state index contributed by atoms with van der Waals surface area (Å²) in [6.45, 7) is 4.89. The number of carbonyl (C=O) groups is 1. The van der Waals surface area contributed by atoms with E-state index in [0.717, 1.165) is 6.42 Å². The zero-order chi connectivity index (χ0) is 18.9. The second-order valence-electron chi connectivity index (χ2n) is 11.8. The third-order valence-electron chi connectivity index (χ3n) is 12.0. The molecule has 0 amide bonds. The summed E-state index contributed by atoms with van der Waals surface area (Å²) in [7, 11) is 1.70. The van der Waals surface area contributed by atoms with Gasteiger partial charge in [0.15, 0.2) is 0 Å². The molecule has 3 nitrogen and oxygen atoms in total. The molecule has 6 saturated carbocycles. The Morgan fingerprint density at radius 2 is 1.78 bits per heavy atom. The zero-order valence-corrected chi connectivity index (χ0v) is 17.4. The fraction of sp³-hybridized carbons (Fsp3) is 0.958. The number of Topliss-reactive ketones (excluding diaryl/α,β-unsaturated/α-hetero) is 1. The van der Waals surface area contributed by atoms with Crippen molar-refractivity contribution in [2.24, 2.45) is 39.4 Å². The highest BCUT2D eigenvalue weighted by atomic mass is 16.5. The minimum Gasteiger partial charge on any atom is -0.386 e. The Bertz CT molecular complexity index is 710. The largest absolute Gasteiger partial charge is 0.386 e. The van der Waals surface area contributed by atoms with Crippen LogP contribution in [0.5, 0.6) is 0 Å². The maximum absolute atomic E-state index is 13.1. The quantitative estimate of drug-likeness (QED) is 0.737. The molecule has 0 aromatic heterocycles. The van der Waals surface area contributed by atoms with Gasteiger partial charge >= 0.3 is 0 Å². The Morgan fingerprint density at radius 1 is 1.04 bits per heavy atom. The molecule has 0 aliphatic heterocycles. The van der Waals surface area contributed by atoms with Crippen molar-refractivity contribution in [3.05, 3.63) is 0 Å². The zero-order valence-electron chi connectivity index (χ0n) is 17.4. The van der Waals surface area contributed by atoms with E-state index in [1.165, 1.54) is 57.8 Å². The summed E-state index contributed by atoms with van der Waals surface area (Å²) in [4.78, 5) is 13.1. The van der Waals surface area contributed by atoms with Crippen LogP contribution in [0.25, 0.3) is 0 Å². The van der Waals surface area contributed by atoms with Gasteiger partial charge in [0.1, 0.15) is 11.4 Å². The number of ether oxygens (including phenoxy) is 1. The van der Waals surface area contributed by atoms with Crippen LogP contribution in [0.2, 0.25) is 0 Å². The first-order valence-electron chi connectivity index (χ1n) is 11.6. The molecule has 6 fully saturated rings. The Balaban J connectivity index is 1.52. The van der Waals surface area contributed by atoms with Crippen molar-refractivity contribution in [2.75, 3.05) is 7.11 Å². The van der Waals surface area contributed by atoms with Crippen molar-refractivity contribution in [3.8, 4) is 0 Å². The first-order valence-corrected chi connectivity index (χ1v) is 11.6. The normalized spacial score (nSPS) is 60.1. The Labute approximate surface area is 163 Å². The standard InChI is InChI=1S/C24H36O3/c1-20-15-6-9-23(11-10-22(14-23)7-4-5-8-22)21(20,2)16(12-15)19-17(25)13-18(27-3)24(19,20)26/h15-16,18-19,26H,4-14H2,1-3H3. The van der Waals surface area contributed by atoms with Crippen LogP contribution in [-0.2, 0) is 9.53 Å². The van der Waals surface area contributed by atoms with E-state index in [0.29, 0.717) is 29.1 Å². The molecule has 0 saturated heterocycles. The van der Waals surface area contributed by atoms with Crippen molar-refractivity contribution in [2.45, 2.75) is 96.2 Å². The van der Waals surface area contributed by atoms with E-state index in [4.69, 9.17) is 4.74 Å². The summed E-state index contributed by atoms with van der Waals surface area (Å²) >= 11 is 0. The number of fused-ring (bicyclic) bond motifs is 2. The van der Waals surface area contributed by atoms with Crippen LogP contribution >= 0.6 is 0 Å². The molecule has 0 heterocycles. The summed E-state index contributed by atoms with van der Waals surface area (Å²) < 4.78 is 5.80. The summed E-state index contributed by atoms with van der Waals surface area (Å²) in [6.07, 6.45) is 13.6. The molecule has 6 aliphatic rings. The number of carbonyl (C=O) groups excluding carboxylic acids is 1. The van der Waals surface area contributed by atoms with Gasteiger partial charge in [-0.2, -0.15) is 0 Å². The summed E-state index contributed by atoms with van der Waals surface area (Å²) in [5.74, 6) is 1.03. The minimum atomic E-state index is -0.944. The van der Waals surface area contributed by atoms with Crippen molar-refractivity contribution < 1.29 is 14.6 Å². The van der Waals surface area contributed by atoms with E-state index in [2.05, 4.69) is 13.8 Å². The molecule has 0 aromatic rings. The molecule has 8 atom stereocenters. The molecular weight excluding hydrogens is 336 g/mol. The predicted molar refractivity (Wildman–Crippen MR) is 103 cm³/mol. The van der Waals surface area contributed by atoms with Crippen molar-refractivity contribution >= 4 is 5.78 Å². The minimum absolute atomic E-state index is 0.0846. The molecule has 4 bridgehead atoms. The lowest BCUT2D eigenvalue weighted by Gasteiger charge is -2.62. The van der Waals surface area contributed by atoms with Crippen LogP contribution in [0.1, 0.15) is 84.5 Å². The Hall–Kier alpha value is -0.410. The molecule has 3 heteroatoms. The lowest BCUT2D eigenvalue weighted by Crippen LogP contribution is -2.63. The molecular formula is C24H36O3. The van der Waals surface area contributed by atoms with Gasteiger partial charge in [0.05, 0.1) is 12.0 Å². The number of hydrogen-bond acceptors (Lipinski definition) is 3. The van der Waals surface area contributed by atoms with Crippen LogP contribution in [0.4, 0.5) is 0 Å². The molecule has 8 unspecified atom stereocenters. The number of methoxy groups -OCH3 is 1. The first kappa shape index (κ1) is 17.4. The highest BCUT2D eigenvalue weighted by molar-refractivity contribution is 5.88.